The van der Waals surface area contributed by atoms with Gasteiger partial charge in [0.15, 0.2) is 0 Å². The van der Waals surface area contributed by atoms with Gasteiger partial charge >= 0.3 is 0 Å². The van der Waals surface area contributed by atoms with Crippen molar-refractivity contribution in [1.29, 1.82) is 0 Å². The number of amides is 1. The molecule has 1 saturated heterocycles. The second-order valence-electron chi connectivity index (χ2n) is 11.1. The maximum absolute atomic E-state index is 13.2. The first-order chi connectivity index (χ1) is 19.5. The lowest BCUT2D eigenvalue weighted by atomic mass is 10.0. The number of ether oxygens (including phenoxy) is 1. The Hall–Kier alpha value is -4.09. The van der Waals surface area contributed by atoms with Gasteiger partial charge in [0.1, 0.15) is 5.75 Å². The molecule has 0 radical (unpaired) electrons. The van der Waals surface area contributed by atoms with Crippen LogP contribution in [0.1, 0.15) is 38.3 Å². The summed E-state index contributed by atoms with van der Waals surface area (Å²) in [6.45, 7) is 8.66. The zero-order valence-corrected chi connectivity index (χ0v) is 23.7. The molecule has 1 fully saturated rings. The summed E-state index contributed by atoms with van der Waals surface area (Å²) in [6.07, 6.45) is 1.87. The van der Waals surface area contributed by atoms with E-state index in [4.69, 9.17) is 4.74 Å². The fourth-order valence-electron chi connectivity index (χ4n) is 5.82. The average Bonchev–Trinajstić information content (AvgIpc) is 3.28. The summed E-state index contributed by atoms with van der Waals surface area (Å²) in [4.78, 5) is 21.1. The minimum absolute atomic E-state index is 0.135. The number of aromatic nitrogens is 1. The molecule has 0 bridgehead atoms. The van der Waals surface area contributed by atoms with Gasteiger partial charge in [0.25, 0.3) is 5.91 Å². The van der Waals surface area contributed by atoms with Gasteiger partial charge in [-0.1, -0.05) is 42.5 Å². The highest BCUT2D eigenvalue weighted by Gasteiger charge is 2.22. The van der Waals surface area contributed by atoms with Gasteiger partial charge in [-0.15, -0.1) is 0 Å². The van der Waals surface area contributed by atoms with Gasteiger partial charge in [-0.25, -0.2) is 0 Å². The summed E-state index contributed by atoms with van der Waals surface area (Å²) in [5.74, 6) is 1.02. The first-order valence-electron chi connectivity index (χ1n) is 14.2. The Morgan fingerprint density at radius 3 is 2.27 bits per heavy atom. The Morgan fingerprint density at radius 2 is 1.50 bits per heavy atom. The molecule has 1 aromatic heterocycles. The maximum Gasteiger partial charge on any atom is 0.253 e. The van der Waals surface area contributed by atoms with Crippen molar-refractivity contribution in [2.75, 3.05) is 39.8 Å². The summed E-state index contributed by atoms with van der Waals surface area (Å²) in [6, 6.07) is 27.7. The van der Waals surface area contributed by atoms with Crippen molar-refractivity contribution >= 4 is 27.6 Å². The molecule has 0 unspecified atom stereocenters. The van der Waals surface area contributed by atoms with Crippen LogP contribution in [0, 0.1) is 13.8 Å². The van der Waals surface area contributed by atoms with Gasteiger partial charge < -0.3 is 14.6 Å². The maximum atomic E-state index is 13.2. The third-order valence-electron chi connectivity index (χ3n) is 8.47. The van der Waals surface area contributed by atoms with Gasteiger partial charge in [0.2, 0.25) is 0 Å². The van der Waals surface area contributed by atoms with E-state index in [-0.39, 0.29) is 5.91 Å². The number of H-pyrrole nitrogens is 1. The molecule has 1 amide bonds. The van der Waals surface area contributed by atoms with Crippen LogP contribution < -0.4 is 4.74 Å². The van der Waals surface area contributed by atoms with Crippen molar-refractivity contribution < 1.29 is 9.53 Å². The predicted molar refractivity (Wildman–Crippen MR) is 164 cm³/mol. The lowest BCUT2D eigenvalue weighted by Gasteiger charge is -2.34. The number of hydrogen-bond donors (Lipinski definition) is 1. The molecule has 5 aromatic rings. The summed E-state index contributed by atoms with van der Waals surface area (Å²) in [5, 5.41) is 3.73. The number of methoxy groups -OCH3 is 1. The van der Waals surface area contributed by atoms with Crippen LogP contribution in [0.3, 0.4) is 0 Å². The Bertz CT molecular complexity index is 1660. The highest BCUT2D eigenvalue weighted by atomic mass is 16.5. The molecule has 1 aliphatic rings. The molecule has 6 rings (SSSR count). The normalized spacial score (nSPS) is 14.2. The molecule has 5 nitrogen and oxygen atoms in total. The number of carbonyl (C=O) groups excluding carboxylic acids is 1. The van der Waals surface area contributed by atoms with E-state index in [9.17, 15) is 4.79 Å². The van der Waals surface area contributed by atoms with Crippen LogP contribution in [0.5, 0.6) is 5.75 Å². The van der Waals surface area contributed by atoms with Gasteiger partial charge in [0, 0.05) is 54.9 Å². The molecule has 0 atom stereocenters. The number of nitrogens with one attached hydrogen (secondary N) is 1. The third-order valence-corrected chi connectivity index (χ3v) is 8.47. The fraction of sp³-hybridized carbons (Fsp3) is 0.286. The molecule has 204 valence electrons. The second-order valence-corrected chi connectivity index (χ2v) is 11.1. The number of fused-ring (bicyclic) bond motifs is 2. The monoisotopic (exact) mass is 531 g/mol. The lowest BCUT2D eigenvalue weighted by Crippen LogP contribution is -2.49. The van der Waals surface area contributed by atoms with E-state index in [0.29, 0.717) is 0 Å². The van der Waals surface area contributed by atoms with E-state index in [2.05, 4.69) is 84.4 Å². The second kappa shape index (κ2) is 11.2. The van der Waals surface area contributed by atoms with Crippen LogP contribution in [-0.2, 0) is 12.8 Å². The van der Waals surface area contributed by atoms with Crippen molar-refractivity contribution in [3.63, 3.8) is 0 Å². The van der Waals surface area contributed by atoms with Crippen LogP contribution in [0.2, 0.25) is 0 Å². The van der Waals surface area contributed by atoms with Crippen LogP contribution in [-0.4, -0.2) is 60.5 Å². The van der Waals surface area contributed by atoms with Crippen molar-refractivity contribution in [1.82, 2.24) is 14.8 Å². The number of carbonyl (C=O) groups is 1. The van der Waals surface area contributed by atoms with Crippen LogP contribution in [0.15, 0.2) is 78.9 Å². The summed E-state index contributed by atoms with van der Waals surface area (Å²) in [7, 11) is 1.70. The standard InChI is InChI=1S/C35H37N3O2/c1-24-25(2)36-34-13-7-28(22-33(24)34)20-26-4-8-29(9-5-26)35(39)38-18-16-37(17-19-38)15-14-27-6-10-31-23-32(40-3)12-11-30(31)21-27/h4-13,21-23,36H,14-20H2,1-3H3. The fourth-order valence-corrected chi connectivity index (χ4v) is 5.82. The number of rotatable bonds is 7. The van der Waals surface area contributed by atoms with E-state index in [1.807, 2.05) is 23.1 Å². The first kappa shape index (κ1) is 26.1. The van der Waals surface area contributed by atoms with Crippen LogP contribution in [0.25, 0.3) is 21.7 Å². The average molecular weight is 532 g/mol. The SMILES string of the molecule is COc1ccc2cc(CCN3CCN(C(=O)c4ccc(Cc5ccc6[nH]c(C)c(C)c6c5)cc4)CC3)ccc2c1. The van der Waals surface area contributed by atoms with Crippen molar-refractivity contribution in [2.24, 2.45) is 0 Å². The number of aryl methyl sites for hydroxylation is 2. The quantitative estimate of drug-likeness (QED) is 0.260. The predicted octanol–water partition coefficient (Wildman–Crippen LogP) is 6.54. The Morgan fingerprint density at radius 1 is 0.800 bits per heavy atom. The minimum atomic E-state index is 0.135. The smallest absolute Gasteiger partial charge is 0.253 e. The molecule has 1 N–H and O–H groups in total. The van der Waals surface area contributed by atoms with Gasteiger partial charge in [-0.05, 0) is 96.1 Å². The molecule has 1 aliphatic heterocycles. The van der Waals surface area contributed by atoms with E-state index in [1.165, 1.54) is 49.6 Å². The van der Waals surface area contributed by atoms with E-state index < -0.39 is 0 Å². The number of piperazine rings is 1. The van der Waals surface area contributed by atoms with Crippen molar-refractivity contribution in [3.8, 4) is 5.75 Å². The number of aromatic amines is 1. The molecule has 40 heavy (non-hydrogen) atoms. The molecule has 0 aliphatic carbocycles. The molecule has 0 saturated carbocycles. The van der Waals surface area contributed by atoms with E-state index >= 15 is 0 Å². The summed E-state index contributed by atoms with van der Waals surface area (Å²) in [5.41, 5.74) is 8.35. The Labute approximate surface area is 236 Å². The highest BCUT2D eigenvalue weighted by molar-refractivity contribution is 5.94. The van der Waals surface area contributed by atoms with Crippen LogP contribution >= 0.6 is 0 Å². The van der Waals surface area contributed by atoms with Gasteiger partial charge in [0.05, 0.1) is 7.11 Å². The Balaban J connectivity index is 1.01. The molecule has 2 heterocycles. The highest BCUT2D eigenvalue weighted by Crippen LogP contribution is 2.24. The summed E-state index contributed by atoms with van der Waals surface area (Å²) >= 11 is 0. The van der Waals surface area contributed by atoms with Gasteiger partial charge in [-0.3, -0.25) is 9.69 Å². The third kappa shape index (κ3) is 5.47. The number of benzene rings is 4. The van der Waals surface area contributed by atoms with Gasteiger partial charge in [-0.2, -0.15) is 0 Å². The van der Waals surface area contributed by atoms with Crippen molar-refractivity contribution in [2.45, 2.75) is 26.7 Å². The molecule has 0 spiro atoms. The largest absolute Gasteiger partial charge is 0.497 e. The van der Waals surface area contributed by atoms with E-state index in [1.54, 1.807) is 7.11 Å². The number of hydrogen-bond acceptors (Lipinski definition) is 3. The zero-order chi connectivity index (χ0) is 27.6. The van der Waals surface area contributed by atoms with E-state index in [0.717, 1.165) is 56.9 Å². The first-order valence-corrected chi connectivity index (χ1v) is 14.2. The summed E-state index contributed by atoms with van der Waals surface area (Å²) < 4.78 is 5.34. The van der Waals surface area contributed by atoms with Crippen molar-refractivity contribution in [3.05, 3.63) is 112 Å². The molecule has 4 aromatic carbocycles. The zero-order valence-electron chi connectivity index (χ0n) is 23.7. The topological polar surface area (TPSA) is 48.6 Å². The molecule has 5 heteroatoms. The number of nitrogens with zero attached hydrogens (tertiary/aromatic N) is 2. The van der Waals surface area contributed by atoms with Crippen LogP contribution in [0.4, 0.5) is 0 Å². The molecular weight excluding hydrogens is 494 g/mol. The lowest BCUT2D eigenvalue weighted by molar-refractivity contribution is 0.0638. The Kier molecular flexibility index (Phi) is 7.31. The molecular formula is C35H37N3O2. The minimum Gasteiger partial charge on any atom is -0.497 e.